The molecule has 19 heavy (non-hydrogen) atoms. The Morgan fingerprint density at radius 1 is 1.21 bits per heavy atom. The van der Waals surface area contributed by atoms with Gasteiger partial charge in [-0.05, 0) is 32.6 Å². The van der Waals surface area contributed by atoms with E-state index in [2.05, 4.69) is 35.1 Å². The largest absolute Gasteiger partial charge is 0.370 e. The Balaban J connectivity index is 1.67. The van der Waals surface area contributed by atoms with Crippen LogP contribution in [0.15, 0.2) is 6.07 Å². The molecule has 2 fully saturated rings. The van der Waals surface area contributed by atoms with Gasteiger partial charge in [-0.2, -0.15) is 11.8 Å². The Bertz CT molecular complexity index is 425. The van der Waals surface area contributed by atoms with Crippen molar-refractivity contribution in [1.29, 1.82) is 0 Å². The summed E-state index contributed by atoms with van der Waals surface area (Å²) in [5, 5.41) is 4.18. The predicted molar refractivity (Wildman–Crippen MR) is 81.7 cm³/mol. The number of nitrogens with one attached hydrogen (secondary N) is 1. The molecule has 0 unspecified atom stereocenters. The molecule has 1 aromatic rings. The fraction of sp³-hybridized carbons (Fsp3) is 0.733. The van der Waals surface area contributed by atoms with Crippen LogP contribution in [0.1, 0.15) is 62.9 Å². The van der Waals surface area contributed by atoms with Gasteiger partial charge in [0.2, 0.25) is 0 Å². The van der Waals surface area contributed by atoms with Crippen LogP contribution in [0.4, 0.5) is 5.82 Å². The highest BCUT2D eigenvalue weighted by Gasteiger charge is 2.26. The van der Waals surface area contributed by atoms with Crippen LogP contribution in [0.3, 0.4) is 0 Å². The van der Waals surface area contributed by atoms with E-state index >= 15 is 0 Å². The molecule has 0 radical (unpaired) electrons. The third kappa shape index (κ3) is 3.62. The minimum atomic E-state index is 0.704. The van der Waals surface area contributed by atoms with Crippen molar-refractivity contribution in [1.82, 2.24) is 9.97 Å². The molecule has 0 saturated heterocycles. The van der Waals surface area contributed by atoms with Crippen molar-refractivity contribution in [3.63, 3.8) is 0 Å². The molecule has 3 rings (SSSR count). The first-order valence-corrected chi connectivity index (χ1v) is 8.63. The lowest BCUT2D eigenvalue weighted by atomic mass is 10.2. The van der Waals surface area contributed by atoms with Crippen molar-refractivity contribution in [3.05, 3.63) is 17.6 Å². The van der Waals surface area contributed by atoms with Gasteiger partial charge in [-0.1, -0.05) is 12.8 Å². The van der Waals surface area contributed by atoms with Crippen molar-refractivity contribution in [2.45, 2.75) is 62.4 Å². The van der Waals surface area contributed by atoms with E-state index in [1.807, 2.05) is 0 Å². The van der Waals surface area contributed by atoms with Gasteiger partial charge in [-0.3, -0.25) is 0 Å². The van der Waals surface area contributed by atoms with Crippen LogP contribution < -0.4 is 5.32 Å². The van der Waals surface area contributed by atoms with E-state index in [0.717, 1.165) is 29.2 Å². The fourth-order valence-electron chi connectivity index (χ4n) is 2.69. The third-order valence-corrected chi connectivity index (χ3v) is 5.26. The molecule has 1 aromatic heterocycles. The summed E-state index contributed by atoms with van der Waals surface area (Å²) in [7, 11) is 0. The second kappa shape index (κ2) is 6.12. The monoisotopic (exact) mass is 277 g/mol. The number of nitrogens with zero attached hydrogens (tertiary/aromatic N) is 2. The van der Waals surface area contributed by atoms with Crippen molar-refractivity contribution in [3.8, 4) is 0 Å². The summed E-state index contributed by atoms with van der Waals surface area (Å²) in [5.41, 5.74) is 1.26. The van der Waals surface area contributed by atoms with E-state index in [-0.39, 0.29) is 0 Å². The number of aromatic nitrogens is 2. The van der Waals surface area contributed by atoms with E-state index < -0.39 is 0 Å². The van der Waals surface area contributed by atoms with Gasteiger partial charge >= 0.3 is 0 Å². The molecule has 1 N–H and O–H groups in total. The molecule has 3 nitrogen and oxygen atoms in total. The van der Waals surface area contributed by atoms with Crippen molar-refractivity contribution in [2.75, 3.05) is 11.9 Å². The average molecular weight is 277 g/mol. The van der Waals surface area contributed by atoms with Crippen LogP contribution in [0, 0.1) is 0 Å². The summed E-state index contributed by atoms with van der Waals surface area (Å²) in [5.74, 6) is 3.72. The molecule has 0 amide bonds. The quantitative estimate of drug-likeness (QED) is 0.854. The molecule has 0 aromatic carbocycles. The number of hydrogen-bond donors (Lipinski definition) is 1. The average Bonchev–Trinajstić information content (AvgIpc) is 3.14. The maximum Gasteiger partial charge on any atom is 0.140 e. The Hall–Kier alpha value is -0.770. The van der Waals surface area contributed by atoms with Crippen molar-refractivity contribution in [2.24, 2.45) is 0 Å². The maximum atomic E-state index is 4.77. The van der Waals surface area contributed by atoms with E-state index in [9.17, 15) is 0 Å². The lowest BCUT2D eigenvalue weighted by Crippen LogP contribution is -2.06. The molecule has 0 bridgehead atoms. The number of thioether (sulfide) groups is 1. The first kappa shape index (κ1) is 13.2. The van der Waals surface area contributed by atoms with Gasteiger partial charge in [-0.25, -0.2) is 9.97 Å². The predicted octanol–water partition coefficient (Wildman–Crippen LogP) is 3.96. The lowest BCUT2D eigenvalue weighted by molar-refractivity contribution is 0.886. The molecule has 0 aliphatic heterocycles. The molecule has 0 spiro atoms. The number of rotatable bonds is 6. The van der Waals surface area contributed by atoms with Crippen LogP contribution in [0.2, 0.25) is 0 Å². The van der Waals surface area contributed by atoms with Gasteiger partial charge in [0.05, 0.1) is 5.75 Å². The molecular formula is C15H23N3S. The van der Waals surface area contributed by atoms with Crippen LogP contribution in [-0.4, -0.2) is 21.8 Å². The summed E-state index contributed by atoms with van der Waals surface area (Å²) < 4.78 is 0. The second-order valence-corrected chi connectivity index (χ2v) is 6.91. The number of hydrogen-bond acceptors (Lipinski definition) is 4. The van der Waals surface area contributed by atoms with Crippen molar-refractivity contribution < 1.29 is 0 Å². The minimum Gasteiger partial charge on any atom is -0.370 e. The lowest BCUT2D eigenvalue weighted by Gasteiger charge is -2.11. The molecule has 104 valence electrons. The highest BCUT2D eigenvalue weighted by molar-refractivity contribution is 7.99. The van der Waals surface area contributed by atoms with Gasteiger partial charge in [0.1, 0.15) is 11.6 Å². The first-order chi connectivity index (χ1) is 9.35. The van der Waals surface area contributed by atoms with Gasteiger partial charge in [-0.15, -0.1) is 0 Å². The van der Waals surface area contributed by atoms with Crippen LogP contribution in [-0.2, 0) is 5.75 Å². The smallest absolute Gasteiger partial charge is 0.140 e. The zero-order chi connectivity index (χ0) is 13.1. The standard InChI is InChI=1S/C15H23N3S/c1-2-16-14-9-13(11-7-8-11)17-15(18-14)10-19-12-5-3-4-6-12/h9,11-12H,2-8,10H2,1H3,(H,16,17,18). The van der Waals surface area contributed by atoms with Gasteiger partial charge in [0.15, 0.2) is 0 Å². The van der Waals surface area contributed by atoms with Gasteiger partial charge in [0, 0.05) is 29.5 Å². The normalized spacial score (nSPS) is 19.8. The minimum absolute atomic E-state index is 0.704. The second-order valence-electron chi connectivity index (χ2n) is 5.62. The Kier molecular flexibility index (Phi) is 4.26. The molecule has 1 heterocycles. The Labute approximate surface area is 120 Å². The van der Waals surface area contributed by atoms with E-state index in [4.69, 9.17) is 4.98 Å². The summed E-state index contributed by atoms with van der Waals surface area (Å²) in [4.78, 5) is 9.42. The first-order valence-electron chi connectivity index (χ1n) is 7.58. The van der Waals surface area contributed by atoms with Gasteiger partial charge in [0.25, 0.3) is 0 Å². The third-order valence-electron chi connectivity index (χ3n) is 3.90. The molecular weight excluding hydrogens is 254 g/mol. The Morgan fingerprint density at radius 3 is 2.68 bits per heavy atom. The molecule has 2 aliphatic rings. The zero-order valence-corrected chi connectivity index (χ0v) is 12.5. The Morgan fingerprint density at radius 2 is 2.00 bits per heavy atom. The fourth-order valence-corrected chi connectivity index (χ4v) is 3.87. The molecule has 0 atom stereocenters. The van der Waals surface area contributed by atoms with Crippen LogP contribution in [0.25, 0.3) is 0 Å². The topological polar surface area (TPSA) is 37.8 Å². The summed E-state index contributed by atoms with van der Waals surface area (Å²) in [6.45, 7) is 3.04. The van der Waals surface area contributed by atoms with Crippen molar-refractivity contribution >= 4 is 17.6 Å². The summed E-state index contributed by atoms with van der Waals surface area (Å²) in [6, 6.07) is 2.14. The highest BCUT2D eigenvalue weighted by atomic mass is 32.2. The molecule has 2 aliphatic carbocycles. The number of anilines is 1. The van der Waals surface area contributed by atoms with E-state index in [1.54, 1.807) is 0 Å². The molecule has 2 saturated carbocycles. The highest BCUT2D eigenvalue weighted by Crippen LogP contribution is 2.40. The van der Waals surface area contributed by atoms with Crippen LogP contribution in [0.5, 0.6) is 0 Å². The molecule has 4 heteroatoms. The van der Waals surface area contributed by atoms with E-state index in [0.29, 0.717) is 5.92 Å². The summed E-state index contributed by atoms with van der Waals surface area (Å²) >= 11 is 2.05. The van der Waals surface area contributed by atoms with Gasteiger partial charge < -0.3 is 5.32 Å². The SMILES string of the molecule is CCNc1cc(C2CC2)nc(CSC2CCCC2)n1. The van der Waals surface area contributed by atoms with Crippen LogP contribution >= 0.6 is 11.8 Å². The van der Waals surface area contributed by atoms with E-state index in [1.165, 1.54) is 44.2 Å². The maximum absolute atomic E-state index is 4.77. The zero-order valence-electron chi connectivity index (χ0n) is 11.7. The summed E-state index contributed by atoms with van der Waals surface area (Å²) in [6.07, 6.45) is 8.18.